The van der Waals surface area contributed by atoms with Gasteiger partial charge in [-0.25, -0.2) is 4.98 Å². The highest BCUT2D eigenvalue weighted by atomic mass is 32.1. The molecule has 4 rings (SSSR count). The summed E-state index contributed by atoms with van der Waals surface area (Å²) in [6, 6.07) is 3.94. The number of hydrogen-bond donors (Lipinski definition) is 0. The van der Waals surface area contributed by atoms with Gasteiger partial charge in [0, 0.05) is 38.6 Å². The Morgan fingerprint density at radius 1 is 1.29 bits per heavy atom. The largest absolute Gasteiger partial charge is 0.378 e. The average Bonchev–Trinajstić information content (AvgIpc) is 3.15. The number of thiazole rings is 1. The number of likely N-dealkylation sites (tertiary alicyclic amines) is 1. The van der Waals surface area contributed by atoms with Crippen molar-refractivity contribution in [3.8, 4) is 0 Å². The zero-order valence-electron chi connectivity index (χ0n) is 16.2. The van der Waals surface area contributed by atoms with Crippen LogP contribution < -0.4 is 4.90 Å². The van der Waals surface area contributed by atoms with E-state index in [0.717, 1.165) is 60.3 Å². The highest BCUT2D eigenvalue weighted by Crippen LogP contribution is 2.29. The maximum absolute atomic E-state index is 13.0. The first-order chi connectivity index (χ1) is 13.7. The third-order valence-corrected chi connectivity index (χ3v) is 6.41. The first-order valence-corrected chi connectivity index (χ1v) is 10.6. The second kappa shape index (κ2) is 8.98. The quantitative estimate of drug-likeness (QED) is 0.766. The number of pyridine rings is 1. The molecule has 28 heavy (non-hydrogen) atoms. The van der Waals surface area contributed by atoms with Crippen LogP contribution in [0.15, 0.2) is 24.5 Å². The minimum absolute atomic E-state index is 0.0974. The van der Waals surface area contributed by atoms with Crippen LogP contribution in [-0.2, 0) is 16.1 Å². The van der Waals surface area contributed by atoms with Gasteiger partial charge in [0.2, 0.25) is 0 Å². The number of anilines is 1. The van der Waals surface area contributed by atoms with Crippen LogP contribution in [0.5, 0.6) is 0 Å². The summed E-state index contributed by atoms with van der Waals surface area (Å²) in [5.74, 6) is 0.0974. The smallest absolute Gasteiger partial charge is 0.265 e. The lowest BCUT2D eigenvalue weighted by Crippen LogP contribution is -2.40. The Kier molecular flexibility index (Phi) is 6.19. The van der Waals surface area contributed by atoms with Crippen molar-refractivity contribution in [2.24, 2.45) is 0 Å². The average molecular weight is 403 g/mol. The van der Waals surface area contributed by atoms with Gasteiger partial charge in [0.1, 0.15) is 4.88 Å². The molecule has 8 heteroatoms. The highest BCUT2D eigenvalue weighted by Gasteiger charge is 2.28. The molecule has 2 aliphatic heterocycles. The molecule has 4 heterocycles. The number of hydrogen-bond acceptors (Lipinski definition) is 7. The molecule has 0 radical (unpaired) electrons. The molecule has 2 aromatic heterocycles. The Bertz CT molecular complexity index is 784. The minimum atomic E-state index is 0.0974. The van der Waals surface area contributed by atoms with Crippen molar-refractivity contribution in [2.45, 2.75) is 32.5 Å². The van der Waals surface area contributed by atoms with E-state index in [2.05, 4.69) is 14.9 Å². The van der Waals surface area contributed by atoms with Crippen molar-refractivity contribution in [3.05, 3.63) is 40.7 Å². The van der Waals surface area contributed by atoms with Crippen LogP contribution in [0.4, 0.5) is 5.13 Å². The number of carbonyl (C=O) groups excluding carboxylic acids is 1. The van der Waals surface area contributed by atoms with Crippen molar-refractivity contribution in [1.29, 1.82) is 0 Å². The van der Waals surface area contributed by atoms with E-state index in [-0.39, 0.29) is 12.0 Å². The normalized spacial score (nSPS) is 18.5. The van der Waals surface area contributed by atoms with Gasteiger partial charge in [-0.3, -0.25) is 9.78 Å². The van der Waals surface area contributed by atoms with Crippen LogP contribution >= 0.6 is 11.3 Å². The molecule has 0 aliphatic carbocycles. The first-order valence-electron chi connectivity index (χ1n) is 9.80. The zero-order chi connectivity index (χ0) is 19.3. The van der Waals surface area contributed by atoms with Crippen molar-refractivity contribution in [1.82, 2.24) is 14.9 Å². The van der Waals surface area contributed by atoms with E-state index < -0.39 is 0 Å². The second-order valence-corrected chi connectivity index (χ2v) is 8.15. The number of aromatic nitrogens is 2. The third-order valence-electron chi connectivity index (χ3n) is 5.20. The number of ether oxygens (including phenoxy) is 2. The number of rotatable bonds is 5. The van der Waals surface area contributed by atoms with Crippen LogP contribution in [0.3, 0.4) is 0 Å². The summed E-state index contributed by atoms with van der Waals surface area (Å²) in [7, 11) is 0. The van der Waals surface area contributed by atoms with Gasteiger partial charge in [-0.1, -0.05) is 17.4 Å². The lowest BCUT2D eigenvalue weighted by Gasteiger charge is -2.31. The summed E-state index contributed by atoms with van der Waals surface area (Å²) in [6.45, 7) is 7.05. The molecule has 0 saturated carbocycles. The minimum Gasteiger partial charge on any atom is -0.378 e. The molecule has 0 N–H and O–H groups in total. The first kappa shape index (κ1) is 19.3. The molecular formula is C20H26N4O3S. The van der Waals surface area contributed by atoms with Crippen LogP contribution in [0, 0.1) is 6.92 Å². The molecule has 2 fully saturated rings. The summed E-state index contributed by atoms with van der Waals surface area (Å²) in [6.07, 6.45) is 5.51. The zero-order valence-corrected chi connectivity index (χ0v) is 17.0. The number of morpholine rings is 1. The van der Waals surface area contributed by atoms with Gasteiger partial charge in [0.05, 0.1) is 31.6 Å². The van der Waals surface area contributed by atoms with E-state index in [1.54, 1.807) is 6.20 Å². The Morgan fingerprint density at radius 2 is 2.07 bits per heavy atom. The molecule has 0 spiro atoms. The standard InChI is InChI=1S/C20H26N4O3S/c1-15-18(28-20(22-15)24-9-11-26-12-10-24)19(25)23-7-4-17(5-8-23)27-14-16-3-2-6-21-13-16/h2-3,6,13,17H,4-5,7-12,14H2,1H3. The van der Waals surface area contributed by atoms with E-state index in [1.807, 2.05) is 30.2 Å². The van der Waals surface area contributed by atoms with Crippen LogP contribution in [0.1, 0.15) is 33.8 Å². The van der Waals surface area contributed by atoms with Gasteiger partial charge in [-0.15, -0.1) is 0 Å². The summed E-state index contributed by atoms with van der Waals surface area (Å²) in [5, 5.41) is 0.929. The number of aryl methyl sites for hydroxylation is 1. The maximum atomic E-state index is 13.0. The lowest BCUT2D eigenvalue weighted by molar-refractivity contribution is -0.000378. The maximum Gasteiger partial charge on any atom is 0.265 e. The number of piperidine rings is 1. The van der Waals surface area contributed by atoms with Crippen molar-refractivity contribution >= 4 is 22.4 Å². The van der Waals surface area contributed by atoms with Crippen molar-refractivity contribution < 1.29 is 14.3 Å². The van der Waals surface area contributed by atoms with Gasteiger partial charge in [-0.05, 0) is 31.4 Å². The highest BCUT2D eigenvalue weighted by molar-refractivity contribution is 7.17. The summed E-state index contributed by atoms with van der Waals surface area (Å²) in [5.41, 5.74) is 1.91. The van der Waals surface area contributed by atoms with E-state index in [0.29, 0.717) is 19.8 Å². The molecule has 2 saturated heterocycles. The molecule has 2 aromatic rings. The number of nitrogens with zero attached hydrogens (tertiary/aromatic N) is 4. The summed E-state index contributed by atoms with van der Waals surface area (Å²) >= 11 is 1.51. The number of carbonyl (C=O) groups is 1. The second-order valence-electron chi connectivity index (χ2n) is 7.17. The number of amides is 1. The van der Waals surface area contributed by atoms with E-state index in [9.17, 15) is 4.79 Å². The molecule has 7 nitrogen and oxygen atoms in total. The Balaban J connectivity index is 1.31. The Hall–Kier alpha value is -2.03. The van der Waals surface area contributed by atoms with E-state index >= 15 is 0 Å². The van der Waals surface area contributed by atoms with E-state index in [1.165, 1.54) is 11.3 Å². The predicted molar refractivity (Wildman–Crippen MR) is 108 cm³/mol. The van der Waals surface area contributed by atoms with Crippen molar-refractivity contribution in [3.63, 3.8) is 0 Å². The third kappa shape index (κ3) is 4.51. The van der Waals surface area contributed by atoms with Crippen LogP contribution in [0.2, 0.25) is 0 Å². The fraction of sp³-hybridized carbons (Fsp3) is 0.550. The Labute approximate surface area is 169 Å². The molecule has 0 bridgehead atoms. The van der Waals surface area contributed by atoms with Crippen LogP contribution in [-0.4, -0.2) is 66.3 Å². The van der Waals surface area contributed by atoms with Gasteiger partial charge in [-0.2, -0.15) is 0 Å². The molecule has 0 aromatic carbocycles. The van der Waals surface area contributed by atoms with E-state index in [4.69, 9.17) is 9.47 Å². The molecule has 2 aliphatic rings. The Morgan fingerprint density at radius 3 is 2.79 bits per heavy atom. The summed E-state index contributed by atoms with van der Waals surface area (Å²) < 4.78 is 11.4. The molecule has 0 unspecified atom stereocenters. The molecule has 150 valence electrons. The lowest BCUT2D eigenvalue weighted by atomic mass is 10.1. The topological polar surface area (TPSA) is 67.8 Å². The van der Waals surface area contributed by atoms with Gasteiger partial charge in [0.15, 0.2) is 5.13 Å². The molecular weight excluding hydrogens is 376 g/mol. The molecule has 1 amide bonds. The monoisotopic (exact) mass is 402 g/mol. The van der Waals surface area contributed by atoms with Gasteiger partial charge >= 0.3 is 0 Å². The van der Waals surface area contributed by atoms with Crippen LogP contribution in [0.25, 0.3) is 0 Å². The van der Waals surface area contributed by atoms with Crippen molar-refractivity contribution in [2.75, 3.05) is 44.3 Å². The molecule has 0 atom stereocenters. The fourth-order valence-corrected chi connectivity index (χ4v) is 4.62. The fourth-order valence-electron chi connectivity index (χ4n) is 3.54. The van der Waals surface area contributed by atoms with Gasteiger partial charge < -0.3 is 19.3 Å². The SMILES string of the molecule is Cc1nc(N2CCOCC2)sc1C(=O)N1CCC(OCc2cccnc2)CC1. The summed E-state index contributed by atoms with van der Waals surface area (Å²) in [4.78, 5) is 26.7. The van der Waals surface area contributed by atoms with Gasteiger partial charge in [0.25, 0.3) is 5.91 Å². The predicted octanol–water partition coefficient (Wildman–Crippen LogP) is 2.50.